The number of nitrogens with zero attached hydrogens (tertiary/aromatic N) is 3. The molecule has 0 saturated heterocycles. The second-order valence-electron chi connectivity index (χ2n) is 4.89. The summed E-state index contributed by atoms with van der Waals surface area (Å²) in [4.78, 5) is 0.908. The normalized spacial score (nSPS) is 12.6. The Kier molecular flexibility index (Phi) is 3.70. The highest BCUT2D eigenvalue weighted by Gasteiger charge is 2.24. The molecule has 106 valence electrons. The van der Waals surface area contributed by atoms with E-state index >= 15 is 0 Å². The van der Waals surface area contributed by atoms with E-state index in [2.05, 4.69) is 26.7 Å². The summed E-state index contributed by atoms with van der Waals surface area (Å²) in [7, 11) is 0. The van der Waals surface area contributed by atoms with Crippen molar-refractivity contribution in [1.29, 1.82) is 0 Å². The van der Waals surface area contributed by atoms with Gasteiger partial charge in [-0.05, 0) is 25.0 Å². The van der Waals surface area contributed by atoms with Crippen molar-refractivity contribution < 1.29 is 5.11 Å². The van der Waals surface area contributed by atoms with Crippen molar-refractivity contribution in [1.82, 2.24) is 14.6 Å². The molecule has 0 saturated carbocycles. The minimum atomic E-state index is -0.623. The molecular weight excluding hydrogens is 290 g/mol. The predicted octanol–water partition coefficient (Wildman–Crippen LogP) is 3.59. The van der Waals surface area contributed by atoms with Crippen LogP contribution in [0.1, 0.15) is 26.7 Å². The van der Waals surface area contributed by atoms with Crippen LogP contribution < -0.4 is 0 Å². The maximum Gasteiger partial charge on any atom is 0.217 e. The average Bonchev–Trinajstić information content (AvgIpc) is 3.04. The summed E-state index contributed by atoms with van der Waals surface area (Å²) in [5.41, 5.74) is 0.513. The number of rotatable bonds is 5. The minimum absolute atomic E-state index is 0.623. The van der Waals surface area contributed by atoms with Crippen molar-refractivity contribution in [3.63, 3.8) is 0 Å². The highest BCUT2D eigenvalue weighted by atomic mass is 32.2. The molecule has 4 nitrogen and oxygen atoms in total. The molecule has 1 aromatic carbocycles. The Hall–Kier alpha value is -1.11. The van der Waals surface area contributed by atoms with Crippen LogP contribution in [0.4, 0.5) is 0 Å². The number of thioether (sulfide) groups is 1. The molecular formula is C14H17N3OS2. The molecule has 0 unspecified atom stereocenters. The fourth-order valence-electron chi connectivity index (χ4n) is 2.10. The van der Waals surface area contributed by atoms with Gasteiger partial charge in [0.15, 0.2) is 5.16 Å². The number of hydrogen-bond acceptors (Lipinski definition) is 5. The third-order valence-corrected chi connectivity index (χ3v) is 5.91. The number of benzene rings is 1. The zero-order chi connectivity index (χ0) is 14.2. The fourth-order valence-corrected chi connectivity index (χ4v) is 4.34. The fraction of sp³-hybridized carbons (Fsp3) is 0.429. The van der Waals surface area contributed by atoms with Gasteiger partial charge in [0.25, 0.3) is 0 Å². The summed E-state index contributed by atoms with van der Waals surface area (Å²) < 4.78 is 3.29. The molecule has 0 aliphatic rings. The van der Waals surface area contributed by atoms with Crippen LogP contribution in [0.25, 0.3) is 15.2 Å². The Labute approximate surface area is 125 Å². The number of hydrogen-bond donors (Lipinski definition) is 1. The highest BCUT2D eigenvalue weighted by Crippen LogP contribution is 2.31. The molecule has 0 bridgehead atoms. The zero-order valence-corrected chi connectivity index (χ0v) is 13.2. The average molecular weight is 307 g/mol. The van der Waals surface area contributed by atoms with Crippen LogP contribution in [-0.2, 0) is 0 Å². The van der Waals surface area contributed by atoms with Gasteiger partial charge in [-0.15, -0.1) is 10.2 Å². The van der Waals surface area contributed by atoms with Gasteiger partial charge >= 0.3 is 0 Å². The van der Waals surface area contributed by atoms with E-state index in [1.807, 2.05) is 26.0 Å². The molecule has 20 heavy (non-hydrogen) atoms. The van der Waals surface area contributed by atoms with E-state index in [1.54, 1.807) is 23.1 Å². The second-order valence-corrected chi connectivity index (χ2v) is 6.84. The summed E-state index contributed by atoms with van der Waals surface area (Å²) in [5, 5.41) is 19.7. The number of para-hydroxylation sites is 1. The summed E-state index contributed by atoms with van der Waals surface area (Å²) in [5.74, 6) is 0.644. The number of fused-ring (bicyclic) bond motifs is 3. The molecule has 0 radical (unpaired) electrons. The topological polar surface area (TPSA) is 50.4 Å². The Morgan fingerprint density at radius 1 is 1.25 bits per heavy atom. The Morgan fingerprint density at radius 3 is 2.75 bits per heavy atom. The molecule has 1 N–H and O–H groups in total. The van der Waals surface area contributed by atoms with Gasteiger partial charge in [-0.2, -0.15) is 0 Å². The summed E-state index contributed by atoms with van der Waals surface area (Å²) >= 11 is 3.22. The first-order valence-electron chi connectivity index (χ1n) is 6.74. The lowest BCUT2D eigenvalue weighted by Crippen LogP contribution is -2.29. The van der Waals surface area contributed by atoms with Gasteiger partial charge in [0.05, 0.1) is 15.8 Å². The quantitative estimate of drug-likeness (QED) is 0.732. The molecule has 0 fully saturated rings. The maximum atomic E-state index is 10.4. The maximum absolute atomic E-state index is 10.4. The molecule has 6 heteroatoms. The molecule has 0 aliphatic heterocycles. The molecule has 3 rings (SSSR count). The smallest absolute Gasteiger partial charge is 0.217 e. The largest absolute Gasteiger partial charge is 0.389 e. The highest BCUT2D eigenvalue weighted by molar-refractivity contribution is 7.99. The molecule has 0 atom stereocenters. The van der Waals surface area contributed by atoms with E-state index < -0.39 is 5.60 Å². The van der Waals surface area contributed by atoms with Crippen LogP contribution >= 0.6 is 23.1 Å². The lowest BCUT2D eigenvalue weighted by atomic mass is 10.0. The van der Waals surface area contributed by atoms with Gasteiger partial charge < -0.3 is 5.11 Å². The van der Waals surface area contributed by atoms with Gasteiger partial charge in [0.1, 0.15) is 0 Å². The first kappa shape index (κ1) is 13.9. The number of aliphatic hydroxyl groups is 1. The Morgan fingerprint density at radius 2 is 2.00 bits per heavy atom. The monoisotopic (exact) mass is 307 g/mol. The third kappa shape index (κ3) is 2.32. The summed E-state index contributed by atoms with van der Waals surface area (Å²) in [6, 6.07) is 8.23. The van der Waals surface area contributed by atoms with Crippen molar-refractivity contribution in [2.75, 3.05) is 5.75 Å². The molecule has 0 spiro atoms. The first-order chi connectivity index (χ1) is 9.67. The van der Waals surface area contributed by atoms with Crippen LogP contribution in [0.3, 0.4) is 0 Å². The van der Waals surface area contributed by atoms with E-state index in [0.717, 1.165) is 28.5 Å². The second kappa shape index (κ2) is 5.35. The van der Waals surface area contributed by atoms with Crippen LogP contribution in [0.15, 0.2) is 29.4 Å². The number of aromatic nitrogens is 3. The minimum Gasteiger partial charge on any atom is -0.389 e. The van der Waals surface area contributed by atoms with Crippen molar-refractivity contribution in [2.45, 2.75) is 37.4 Å². The lowest BCUT2D eigenvalue weighted by molar-refractivity contribution is 0.0571. The standard InChI is InChI=1S/C14H17N3OS2/c1-3-14(18,4-2)9-19-12-15-16-13-17(12)10-7-5-6-8-11(10)20-13/h5-8,18H,3-4,9H2,1-2H3. The SMILES string of the molecule is CCC(O)(CC)CSc1nnc2sc3ccccc3n12. The van der Waals surface area contributed by atoms with Crippen molar-refractivity contribution in [2.24, 2.45) is 0 Å². The van der Waals surface area contributed by atoms with Gasteiger partial charge in [0, 0.05) is 5.75 Å². The van der Waals surface area contributed by atoms with Crippen LogP contribution in [-0.4, -0.2) is 31.1 Å². The van der Waals surface area contributed by atoms with Crippen LogP contribution in [0.2, 0.25) is 0 Å². The molecule has 3 aromatic rings. The third-order valence-electron chi connectivity index (χ3n) is 3.70. The summed E-state index contributed by atoms with van der Waals surface area (Å²) in [6.45, 7) is 4.03. The van der Waals surface area contributed by atoms with Crippen LogP contribution in [0, 0.1) is 0 Å². The number of thiazole rings is 1. The van der Waals surface area contributed by atoms with E-state index in [4.69, 9.17) is 0 Å². The summed E-state index contributed by atoms with van der Waals surface area (Å²) in [6.07, 6.45) is 1.51. The van der Waals surface area contributed by atoms with E-state index in [-0.39, 0.29) is 0 Å². The van der Waals surface area contributed by atoms with E-state index in [1.165, 1.54) is 4.70 Å². The van der Waals surface area contributed by atoms with Gasteiger partial charge in [-0.25, -0.2) is 0 Å². The van der Waals surface area contributed by atoms with E-state index in [9.17, 15) is 5.11 Å². The molecule has 0 aliphatic carbocycles. The molecule has 0 amide bonds. The van der Waals surface area contributed by atoms with Crippen molar-refractivity contribution in [3.05, 3.63) is 24.3 Å². The Balaban J connectivity index is 1.96. The predicted molar refractivity (Wildman–Crippen MR) is 84.6 cm³/mol. The molecule has 2 heterocycles. The van der Waals surface area contributed by atoms with E-state index in [0.29, 0.717) is 5.75 Å². The molecule has 2 aromatic heterocycles. The van der Waals surface area contributed by atoms with Gasteiger partial charge in [-0.1, -0.05) is 49.1 Å². The van der Waals surface area contributed by atoms with Gasteiger partial charge in [-0.3, -0.25) is 4.40 Å². The Bertz CT molecular complexity index is 730. The van der Waals surface area contributed by atoms with Crippen molar-refractivity contribution >= 4 is 38.3 Å². The van der Waals surface area contributed by atoms with Crippen LogP contribution in [0.5, 0.6) is 0 Å². The lowest BCUT2D eigenvalue weighted by Gasteiger charge is -2.23. The zero-order valence-electron chi connectivity index (χ0n) is 11.5. The van der Waals surface area contributed by atoms with Crippen molar-refractivity contribution in [3.8, 4) is 0 Å². The first-order valence-corrected chi connectivity index (χ1v) is 8.55. The van der Waals surface area contributed by atoms with Gasteiger partial charge in [0.2, 0.25) is 4.96 Å².